The molecule has 2 aromatic rings. The molecule has 1 heterocycles. The van der Waals surface area contributed by atoms with Gasteiger partial charge in [0.1, 0.15) is 11.4 Å². The van der Waals surface area contributed by atoms with Crippen LogP contribution in [0.3, 0.4) is 0 Å². The molecule has 2 aliphatic carbocycles. The zero-order valence-corrected chi connectivity index (χ0v) is 14.1. The minimum Gasteiger partial charge on any atom is -0.464 e. The average molecular weight is 336 g/mol. The highest BCUT2D eigenvalue weighted by atomic mass is 16.5. The summed E-state index contributed by atoms with van der Waals surface area (Å²) in [4.78, 5) is 31.1. The Bertz CT molecular complexity index is 829. The van der Waals surface area contributed by atoms with Crippen LogP contribution in [0.4, 0.5) is 0 Å². The fraction of sp³-hybridized carbons (Fsp3) is 0.350. The van der Waals surface area contributed by atoms with Crippen LogP contribution in [0.25, 0.3) is 0 Å². The maximum Gasteiger partial charge on any atom is 0.356 e. The van der Waals surface area contributed by atoms with Crippen LogP contribution in [0, 0.1) is 0 Å². The van der Waals surface area contributed by atoms with Gasteiger partial charge in [0.05, 0.1) is 13.2 Å². The quantitative estimate of drug-likeness (QED) is 0.805. The van der Waals surface area contributed by atoms with Gasteiger partial charge in [-0.1, -0.05) is 30.3 Å². The van der Waals surface area contributed by atoms with Crippen molar-refractivity contribution >= 4 is 11.9 Å². The normalized spacial score (nSPS) is 18.5. The third-order valence-electron chi connectivity index (χ3n) is 4.97. The number of hydrogen-bond donors (Lipinski definition) is 0. The van der Waals surface area contributed by atoms with E-state index in [-0.39, 0.29) is 23.7 Å². The molecule has 1 saturated carbocycles. The Morgan fingerprint density at radius 3 is 2.56 bits per heavy atom. The Morgan fingerprint density at radius 2 is 1.80 bits per heavy atom. The predicted molar refractivity (Wildman–Crippen MR) is 92.3 cm³/mol. The second-order valence-corrected chi connectivity index (χ2v) is 6.60. The summed E-state index contributed by atoms with van der Waals surface area (Å²) in [6, 6.07) is 13.6. The van der Waals surface area contributed by atoms with E-state index in [4.69, 9.17) is 4.74 Å². The molecule has 0 saturated heterocycles. The lowest BCUT2D eigenvalue weighted by Crippen LogP contribution is -2.36. The Hall–Kier alpha value is -2.69. The molecule has 0 aliphatic heterocycles. The summed E-state index contributed by atoms with van der Waals surface area (Å²) in [6.45, 7) is 0. The van der Waals surface area contributed by atoms with E-state index in [9.17, 15) is 9.59 Å². The number of nitrogens with zero attached hydrogens (tertiary/aromatic N) is 2. The van der Waals surface area contributed by atoms with Gasteiger partial charge in [0, 0.05) is 6.04 Å². The molecule has 1 aromatic carbocycles. The van der Waals surface area contributed by atoms with Gasteiger partial charge >= 0.3 is 5.97 Å². The van der Waals surface area contributed by atoms with Crippen molar-refractivity contribution in [2.75, 3.05) is 7.11 Å². The molecule has 1 atom stereocenters. The van der Waals surface area contributed by atoms with Gasteiger partial charge in [0.15, 0.2) is 0 Å². The lowest BCUT2D eigenvalue weighted by molar-refractivity contribution is 0.0593. The van der Waals surface area contributed by atoms with Gasteiger partial charge in [0.25, 0.3) is 5.91 Å². The van der Waals surface area contributed by atoms with Crippen molar-refractivity contribution in [3.63, 3.8) is 0 Å². The summed E-state index contributed by atoms with van der Waals surface area (Å²) in [6.07, 6.45) is 3.99. The largest absolute Gasteiger partial charge is 0.464 e. The van der Waals surface area contributed by atoms with Crippen LogP contribution < -0.4 is 0 Å². The van der Waals surface area contributed by atoms with Crippen LogP contribution in [-0.2, 0) is 11.2 Å². The first-order valence-electron chi connectivity index (χ1n) is 8.65. The highest BCUT2D eigenvalue weighted by molar-refractivity contribution is 5.95. The predicted octanol–water partition coefficient (Wildman–Crippen LogP) is 3.16. The fourth-order valence-electron chi connectivity index (χ4n) is 3.64. The number of ether oxygens (including phenoxy) is 1. The van der Waals surface area contributed by atoms with Crippen molar-refractivity contribution in [1.29, 1.82) is 0 Å². The number of fused-ring (bicyclic) bond motifs is 1. The summed E-state index contributed by atoms with van der Waals surface area (Å²) >= 11 is 0. The standard InChI is InChI=1S/C20H20N2O3/c1-25-20(24)17-8-4-7-16(21-17)19(23)22(14-10-11-14)18-12-9-13-5-2-3-6-15(13)18/h2-8,14,18H,9-12H2,1H3/t18-/m0/s1. The van der Waals surface area contributed by atoms with Gasteiger partial charge in [-0.25, -0.2) is 9.78 Å². The van der Waals surface area contributed by atoms with Crippen LogP contribution >= 0.6 is 0 Å². The molecule has 0 unspecified atom stereocenters. The van der Waals surface area contributed by atoms with Gasteiger partial charge < -0.3 is 9.64 Å². The van der Waals surface area contributed by atoms with Crippen LogP contribution in [0.5, 0.6) is 0 Å². The number of carbonyl (C=O) groups excluding carboxylic acids is 2. The summed E-state index contributed by atoms with van der Waals surface area (Å²) in [5, 5.41) is 0. The number of aryl methyl sites for hydroxylation is 1. The number of aromatic nitrogens is 1. The molecule has 1 fully saturated rings. The molecule has 1 amide bonds. The van der Waals surface area contributed by atoms with E-state index >= 15 is 0 Å². The van der Waals surface area contributed by atoms with Gasteiger partial charge in [0.2, 0.25) is 0 Å². The number of carbonyl (C=O) groups is 2. The summed E-state index contributed by atoms with van der Waals surface area (Å²) in [5.41, 5.74) is 3.03. The third-order valence-corrected chi connectivity index (χ3v) is 4.97. The van der Waals surface area contributed by atoms with Gasteiger partial charge in [-0.2, -0.15) is 0 Å². The first-order chi connectivity index (χ1) is 12.2. The van der Waals surface area contributed by atoms with E-state index in [1.807, 2.05) is 17.0 Å². The lowest BCUT2D eigenvalue weighted by atomic mass is 10.1. The van der Waals surface area contributed by atoms with E-state index in [0.717, 1.165) is 25.7 Å². The van der Waals surface area contributed by atoms with Crippen molar-refractivity contribution in [3.8, 4) is 0 Å². The molecular formula is C20H20N2O3. The molecule has 25 heavy (non-hydrogen) atoms. The highest BCUT2D eigenvalue weighted by Gasteiger charge is 2.41. The molecule has 5 nitrogen and oxygen atoms in total. The number of esters is 1. The first-order valence-corrected chi connectivity index (χ1v) is 8.65. The highest BCUT2D eigenvalue weighted by Crippen LogP contribution is 2.42. The number of hydrogen-bond acceptors (Lipinski definition) is 4. The molecule has 0 spiro atoms. The van der Waals surface area contributed by atoms with E-state index in [0.29, 0.717) is 5.69 Å². The number of benzene rings is 1. The van der Waals surface area contributed by atoms with Crippen LogP contribution in [0.2, 0.25) is 0 Å². The van der Waals surface area contributed by atoms with Crippen molar-refractivity contribution in [2.45, 2.75) is 37.8 Å². The monoisotopic (exact) mass is 336 g/mol. The molecule has 128 valence electrons. The minimum atomic E-state index is -0.529. The van der Waals surface area contributed by atoms with Crippen LogP contribution in [0.15, 0.2) is 42.5 Å². The first kappa shape index (κ1) is 15.8. The van der Waals surface area contributed by atoms with Crippen molar-refractivity contribution in [2.24, 2.45) is 0 Å². The summed E-state index contributed by atoms with van der Waals surface area (Å²) in [5.74, 6) is -0.631. The maximum atomic E-state index is 13.2. The van der Waals surface area contributed by atoms with Crippen molar-refractivity contribution in [1.82, 2.24) is 9.88 Å². The SMILES string of the molecule is COC(=O)c1cccc(C(=O)N(C2CC2)[C@H]2CCc3ccccc32)n1. The molecule has 0 bridgehead atoms. The average Bonchev–Trinajstić information content (AvgIpc) is 3.41. The topological polar surface area (TPSA) is 59.5 Å². The number of methoxy groups -OCH3 is 1. The molecular weight excluding hydrogens is 316 g/mol. The van der Waals surface area contributed by atoms with E-state index in [1.165, 1.54) is 18.2 Å². The van der Waals surface area contributed by atoms with Crippen molar-refractivity contribution in [3.05, 3.63) is 65.0 Å². The Labute approximate surface area is 146 Å². The lowest BCUT2D eigenvalue weighted by Gasteiger charge is -2.29. The van der Waals surface area contributed by atoms with Gasteiger partial charge in [-0.05, 0) is 48.9 Å². The second-order valence-electron chi connectivity index (χ2n) is 6.60. The smallest absolute Gasteiger partial charge is 0.356 e. The second kappa shape index (κ2) is 6.31. The fourth-order valence-corrected chi connectivity index (χ4v) is 3.64. The summed E-state index contributed by atoms with van der Waals surface area (Å²) in [7, 11) is 1.31. The zero-order valence-electron chi connectivity index (χ0n) is 14.1. The molecule has 1 aromatic heterocycles. The van der Waals surface area contributed by atoms with Crippen LogP contribution in [-0.4, -0.2) is 34.9 Å². The van der Waals surface area contributed by atoms with Crippen LogP contribution in [0.1, 0.15) is 57.4 Å². The Morgan fingerprint density at radius 1 is 1.04 bits per heavy atom. The molecule has 0 N–H and O–H groups in total. The van der Waals surface area contributed by atoms with E-state index < -0.39 is 5.97 Å². The van der Waals surface area contributed by atoms with Crippen molar-refractivity contribution < 1.29 is 14.3 Å². The number of rotatable bonds is 4. The Balaban J connectivity index is 1.66. The molecule has 5 heteroatoms. The minimum absolute atomic E-state index is 0.0970. The molecule has 0 radical (unpaired) electrons. The number of pyridine rings is 1. The zero-order chi connectivity index (χ0) is 17.4. The summed E-state index contributed by atoms with van der Waals surface area (Å²) < 4.78 is 4.71. The molecule has 2 aliphatic rings. The van der Waals surface area contributed by atoms with E-state index in [1.54, 1.807) is 18.2 Å². The van der Waals surface area contributed by atoms with Gasteiger partial charge in [-0.15, -0.1) is 0 Å². The maximum absolute atomic E-state index is 13.2. The third kappa shape index (κ3) is 2.90. The Kier molecular flexibility index (Phi) is 3.99. The number of amides is 1. The van der Waals surface area contributed by atoms with E-state index in [2.05, 4.69) is 17.1 Å². The molecule has 4 rings (SSSR count). The van der Waals surface area contributed by atoms with Gasteiger partial charge in [-0.3, -0.25) is 4.79 Å².